The Morgan fingerprint density at radius 3 is 2.43 bits per heavy atom. The van der Waals surface area contributed by atoms with Crippen LogP contribution in [0.25, 0.3) is 0 Å². The van der Waals surface area contributed by atoms with Crippen LogP contribution < -0.4 is 5.32 Å². The van der Waals surface area contributed by atoms with Crippen LogP contribution in [-0.4, -0.2) is 35.8 Å². The molecule has 1 aliphatic heterocycles. The summed E-state index contributed by atoms with van der Waals surface area (Å²) in [5, 5.41) is 2.94. The lowest BCUT2D eigenvalue weighted by Gasteiger charge is -2.39. The lowest BCUT2D eigenvalue weighted by molar-refractivity contribution is -0.137. The Morgan fingerprint density at radius 2 is 1.83 bits per heavy atom. The zero-order chi connectivity index (χ0) is 17.0. The summed E-state index contributed by atoms with van der Waals surface area (Å²) in [6, 6.07) is -0.394. The van der Waals surface area contributed by atoms with Crippen molar-refractivity contribution < 1.29 is 9.59 Å². The monoisotopic (exact) mass is 322 g/mol. The first-order valence-corrected chi connectivity index (χ1v) is 9.35. The molecule has 0 aromatic rings. The van der Waals surface area contributed by atoms with Crippen LogP contribution in [0.15, 0.2) is 0 Å². The van der Waals surface area contributed by atoms with Crippen LogP contribution in [0, 0.1) is 17.3 Å². The van der Waals surface area contributed by atoms with Gasteiger partial charge in [-0.15, -0.1) is 0 Å². The van der Waals surface area contributed by atoms with Crippen LogP contribution in [0.2, 0.25) is 0 Å². The predicted octanol–water partition coefficient (Wildman–Crippen LogP) is 3.36. The second-order valence-corrected chi connectivity index (χ2v) is 8.66. The first kappa shape index (κ1) is 18.3. The Bertz CT molecular complexity index is 427. The third-order valence-electron chi connectivity index (χ3n) is 5.37. The summed E-state index contributed by atoms with van der Waals surface area (Å²) in [6.45, 7) is 10.4. The van der Waals surface area contributed by atoms with E-state index in [1.165, 1.54) is 12.8 Å². The van der Waals surface area contributed by atoms with Gasteiger partial charge in [-0.1, -0.05) is 20.8 Å². The number of carbonyl (C=O) groups excluding carboxylic acids is 2. The van der Waals surface area contributed by atoms with E-state index < -0.39 is 6.04 Å². The zero-order valence-electron chi connectivity index (χ0n) is 15.4. The van der Waals surface area contributed by atoms with Crippen LogP contribution in [0.3, 0.4) is 0 Å². The number of amides is 2. The van der Waals surface area contributed by atoms with Crippen molar-refractivity contribution in [2.24, 2.45) is 17.3 Å². The van der Waals surface area contributed by atoms with Gasteiger partial charge < -0.3 is 10.2 Å². The SMILES string of the molecule is C[C@@H]1C[C@H](CC(=O)N[C@@H](C)C(=O)N2CCCCC2)CC(C)(C)C1. The maximum atomic E-state index is 12.4. The molecule has 3 atom stereocenters. The highest BCUT2D eigenvalue weighted by molar-refractivity contribution is 5.87. The number of nitrogens with zero attached hydrogens (tertiary/aromatic N) is 1. The number of carbonyl (C=O) groups is 2. The highest BCUT2D eigenvalue weighted by Gasteiger charge is 2.33. The molecule has 2 aliphatic rings. The summed E-state index contributed by atoms with van der Waals surface area (Å²) < 4.78 is 0. The van der Waals surface area contributed by atoms with Gasteiger partial charge in [0.15, 0.2) is 0 Å². The molecule has 1 saturated heterocycles. The van der Waals surface area contributed by atoms with Gasteiger partial charge in [0, 0.05) is 19.5 Å². The summed E-state index contributed by atoms with van der Waals surface area (Å²) in [6.07, 6.45) is 7.42. The third-order valence-corrected chi connectivity index (χ3v) is 5.37. The molecule has 0 aromatic carbocycles. The van der Waals surface area contributed by atoms with Crippen molar-refractivity contribution in [3.05, 3.63) is 0 Å². The molecule has 1 aliphatic carbocycles. The maximum Gasteiger partial charge on any atom is 0.244 e. The Balaban J connectivity index is 1.80. The van der Waals surface area contributed by atoms with Gasteiger partial charge in [-0.3, -0.25) is 9.59 Å². The molecule has 0 spiro atoms. The van der Waals surface area contributed by atoms with E-state index in [9.17, 15) is 9.59 Å². The van der Waals surface area contributed by atoms with Gasteiger partial charge in [0.05, 0.1) is 0 Å². The average Bonchev–Trinajstić information content (AvgIpc) is 2.44. The molecule has 1 heterocycles. The summed E-state index contributed by atoms with van der Waals surface area (Å²) >= 11 is 0. The Morgan fingerprint density at radius 1 is 1.17 bits per heavy atom. The Kier molecular flexibility index (Phi) is 6.10. The van der Waals surface area contributed by atoms with Crippen molar-refractivity contribution in [2.75, 3.05) is 13.1 Å². The fourth-order valence-corrected chi connectivity index (χ4v) is 4.71. The Hall–Kier alpha value is -1.06. The van der Waals surface area contributed by atoms with Gasteiger partial charge in [-0.25, -0.2) is 0 Å². The molecule has 1 N–H and O–H groups in total. The quantitative estimate of drug-likeness (QED) is 0.863. The standard InChI is InChI=1S/C19H34N2O2/c1-14-10-16(13-19(3,4)12-14)11-17(22)20-15(2)18(23)21-8-6-5-7-9-21/h14-16H,5-13H2,1-4H3,(H,20,22)/t14-,15+,16-/m1/s1. The normalized spacial score (nSPS) is 29.0. The minimum atomic E-state index is -0.394. The average molecular weight is 322 g/mol. The molecular formula is C19H34N2O2. The number of piperidine rings is 1. The van der Waals surface area contributed by atoms with Gasteiger partial charge in [-0.05, 0) is 62.7 Å². The van der Waals surface area contributed by atoms with Gasteiger partial charge in [0.1, 0.15) is 6.04 Å². The van der Waals surface area contributed by atoms with Crippen molar-refractivity contribution in [3.8, 4) is 0 Å². The molecule has 0 radical (unpaired) electrons. The Labute approximate surface area is 141 Å². The molecule has 4 nitrogen and oxygen atoms in total. The second-order valence-electron chi connectivity index (χ2n) is 8.66. The van der Waals surface area contributed by atoms with Crippen molar-refractivity contribution >= 4 is 11.8 Å². The highest BCUT2D eigenvalue weighted by atomic mass is 16.2. The second kappa shape index (κ2) is 7.67. The molecule has 0 unspecified atom stereocenters. The third kappa shape index (κ3) is 5.50. The minimum absolute atomic E-state index is 0.0396. The molecular weight excluding hydrogens is 288 g/mol. The van der Waals surface area contributed by atoms with Gasteiger partial charge in [0.25, 0.3) is 0 Å². The number of likely N-dealkylation sites (tertiary alicyclic amines) is 1. The predicted molar refractivity (Wildman–Crippen MR) is 92.9 cm³/mol. The lowest BCUT2D eigenvalue weighted by atomic mass is 9.67. The van der Waals surface area contributed by atoms with Crippen LogP contribution in [-0.2, 0) is 9.59 Å². The zero-order valence-corrected chi connectivity index (χ0v) is 15.4. The van der Waals surface area contributed by atoms with Gasteiger partial charge in [-0.2, -0.15) is 0 Å². The van der Waals surface area contributed by atoms with Crippen molar-refractivity contribution in [1.82, 2.24) is 10.2 Å². The summed E-state index contributed by atoms with van der Waals surface area (Å²) in [5.74, 6) is 1.25. The van der Waals surface area contributed by atoms with E-state index >= 15 is 0 Å². The number of nitrogens with one attached hydrogen (secondary N) is 1. The summed E-state index contributed by atoms with van der Waals surface area (Å²) in [5.41, 5.74) is 0.331. The van der Waals surface area contributed by atoms with E-state index in [0.29, 0.717) is 23.7 Å². The van der Waals surface area contributed by atoms with Crippen LogP contribution in [0.4, 0.5) is 0 Å². The smallest absolute Gasteiger partial charge is 0.244 e. The van der Waals surface area contributed by atoms with Crippen LogP contribution >= 0.6 is 0 Å². The molecule has 132 valence electrons. The lowest BCUT2D eigenvalue weighted by Crippen LogP contribution is -2.48. The fraction of sp³-hybridized carbons (Fsp3) is 0.895. The fourth-order valence-electron chi connectivity index (χ4n) is 4.71. The molecule has 0 aromatic heterocycles. The minimum Gasteiger partial charge on any atom is -0.345 e. The van der Waals surface area contributed by atoms with E-state index in [1.54, 1.807) is 0 Å². The van der Waals surface area contributed by atoms with E-state index in [1.807, 2.05) is 11.8 Å². The van der Waals surface area contributed by atoms with E-state index in [2.05, 4.69) is 26.1 Å². The highest BCUT2D eigenvalue weighted by Crippen LogP contribution is 2.42. The molecule has 2 rings (SSSR count). The van der Waals surface area contributed by atoms with Crippen molar-refractivity contribution in [1.29, 1.82) is 0 Å². The molecule has 4 heteroatoms. The number of rotatable bonds is 4. The molecule has 23 heavy (non-hydrogen) atoms. The van der Waals surface area contributed by atoms with E-state index in [0.717, 1.165) is 38.8 Å². The van der Waals surface area contributed by atoms with Crippen molar-refractivity contribution in [3.63, 3.8) is 0 Å². The van der Waals surface area contributed by atoms with E-state index in [-0.39, 0.29) is 11.8 Å². The number of hydrogen-bond acceptors (Lipinski definition) is 2. The molecule has 0 bridgehead atoms. The summed E-state index contributed by atoms with van der Waals surface area (Å²) in [4.78, 5) is 26.6. The van der Waals surface area contributed by atoms with Gasteiger partial charge in [0.2, 0.25) is 11.8 Å². The topological polar surface area (TPSA) is 49.4 Å². The molecule has 1 saturated carbocycles. The largest absolute Gasteiger partial charge is 0.345 e. The first-order valence-electron chi connectivity index (χ1n) is 9.35. The molecule has 2 amide bonds. The molecule has 2 fully saturated rings. The van der Waals surface area contributed by atoms with E-state index in [4.69, 9.17) is 0 Å². The number of hydrogen-bond donors (Lipinski definition) is 1. The van der Waals surface area contributed by atoms with Gasteiger partial charge >= 0.3 is 0 Å². The maximum absolute atomic E-state index is 12.4. The van der Waals surface area contributed by atoms with Crippen LogP contribution in [0.5, 0.6) is 0 Å². The van der Waals surface area contributed by atoms with Crippen LogP contribution in [0.1, 0.15) is 72.6 Å². The van der Waals surface area contributed by atoms with Crippen molar-refractivity contribution in [2.45, 2.75) is 78.7 Å². The first-order chi connectivity index (χ1) is 10.8. The summed E-state index contributed by atoms with van der Waals surface area (Å²) in [7, 11) is 0.